The molecule has 0 aromatic heterocycles. The Morgan fingerprint density at radius 3 is 2.62 bits per heavy atom. The summed E-state index contributed by atoms with van der Waals surface area (Å²) in [6, 6.07) is 11.5. The molecule has 2 heterocycles. The number of quaternary nitrogens is 1. The van der Waals surface area contributed by atoms with Gasteiger partial charge in [-0.2, -0.15) is 13.2 Å². The maximum atomic E-state index is 14.1. The lowest BCUT2D eigenvalue weighted by Gasteiger charge is -2.61. The molecule has 3 fully saturated rings. The third-order valence-electron chi connectivity index (χ3n) is 10.3. The molecule has 1 unspecified atom stereocenters. The fourth-order valence-corrected chi connectivity index (χ4v) is 8.50. The number of carbonyl (C=O) groups is 1. The number of nitrogens with zero attached hydrogens (tertiary/aromatic N) is 1. The van der Waals surface area contributed by atoms with Gasteiger partial charge in [-0.3, -0.25) is 4.79 Å². The van der Waals surface area contributed by atoms with E-state index in [4.69, 9.17) is 4.74 Å². The third-order valence-corrected chi connectivity index (χ3v) is 10.3. The van der Waals surface area contributed by atoms with Crippen molar-refractivity contribution in [3.05, 3.63) is 64.7 Å². The molecule has 5 atom stereocenters. The fraction of sp³-hybridized carbons (Fsp3) is 0.516. The summed E-state index contributed by atoms with van der Waals surface area (Å²) < 4.78 is 49.9. The van der Waals surface area contributed by atoms with Crippen LogP contribution in [0.4, 0.5) is 18.9 Å². The molecule has 7 rings (SSSR count). The van der Waals surface area contributed by atoms with Gasteiger partial charge in [-0.1, -0.05) is 36.4 Å². The molecule has 5 aliphatic rings. The lowest BCUT2D eigenvalue weighted by atomic mass is 9.51. The summed E-state index contributed by atoms with van der Waals surface area (Å²) >= 11 is 0. The molecular weight excluding hydrogens is 505 g/mol. The van der Waals surface area contributed by atoms with Gasteiger partial charge in [0.2, 0.25) is 0 Å². The first-order chi connectivity index (χ1) is 18.6. The van der Waals surface area contributed by atoms with Crippen molar-refractivity contribution < 1.29 is 32.3 Å². The Kier molecular flexibility index (Phi) is 5.45. The van der Waals surface area contributed by atoms with E-state index in [0.717, 1.165) is 54.6 Å². The van der Waals surface area contributed by atoms with E-state index in [9.17, 15) is 23.1 Å². The van der Waals surface area contributed by atoms with Gasteiger partial charge in [-0.15, -0.1) is 0 Å². The highest BCUT2D eigenvalue weighted by molar-refractivity contribution is 6.09. The summed E-state index contributed by atoms with van der Waals surface area (Å²) in [6.45, 7) is 2.31. The molecular formula is C31H34F3N2O3+. The van der Waals surface area contributed by atoms with E-state index in [2.05, 4.69) is 12.4 Å². The van der Waals surface area contributed by atoms with Crippen molar-refractivity contribution >= 4 is 17.4 Å². The topological polar surface area (TPSA) is 58.6 Å². The smallest absolute Gasteiger partial charge is 0.425 e. The van der Waals surface area contributed by atoms with Crippen LogP contribution in [0.25, 0.3) is 5.76 Å². The Bertz CT molecular complexity index is 1370. The Morgan fingerprint density at radius 2 is 1.90 bits per heavy atom. The summed E-state index contributed by atoms with van der Waals surface area (Å²) in [5.74, 6) is -0.637. The molecule has 2 bridgehead atoms. The zero-order chi connectivity index (χ0) is 27.2. The van der Waals surface area contributed by atoms with E-state index in [1.54, 1.807) is 12.1 Å². The van der Waals surface area contributed by atoms with Gasteiger partial charge in [-0.25, -0.2) is 0 Å². The number of rotatable bonds is 5. The SMILES string of the molecule is C[N+]1(CC2CC2)CC[C@]23c4c5ccc(NC(=O)C(=C(O)c6ccccc6)C(F)(F)F)c4O[C@H]2CCC[C@H]3[C@H]1C5. The predicted octanol–water partition coefficient (Wildman–Crippen LogP) is 6.14. The Labute approximate surface area is 226 Å². The summed E-state index contributed by atoms with van der Waals surface area (Å²) in [4.78, 5) is 13.2. The molecule has 206 valence electrons. The van der Waals surface area contributed by atoms with Crippen molar-refractivity contribution in [2.45, 2.75) is 68.7 Å². The van der Waals surface area contributed by atoms with E-state index in [1.165, 1.54) is 49.2 Å². The number of benzene rings is 2. The highest BCUT2D eigenvalue weighted by atomic mass is 19.4. The van der Waals surface area contributed by atoms with E-state index in [-0.39, 0.29) is 22.8 Å². The number of amides is 1. The van der Waals surface area contributed by atoms with E-state index in [0.29, 0.717) is 17.7 Å². The van der Waals surface area contributed by atoms with Crippen molar-refractivity contribution in [2.24, 2.45) is 11.8 Å². The first-order valence-electron chi connectivity index (χ1n) is 14.2. The molecule has 1 saturated heterocycles. The zero-order valence-corrected chi connectivity index (χ0v) is 22.1. The van der Waals surface area contributed by atoms with Crippen molar-refractivity contribution in [1.82, 2.24) is 0 Å². The predicted molar refractivity (Wildman–Crippen MR) is 141 cm³/mol. The van der Waals surface area contributed by atoms with Gasteiger partial charge in [0.25, 0.3) is 5.91 Å². The van der Waals surface area contributed by atoms with Gasteiger partial charge in [0.05, 0.1) is 37.3 Å². The van der Waals surface area contributed by atoms with Gasteiger partial charge in [-0.05, 0) is 43.7 Å². The fourth-order valence-electron chi connectivity index (χ4n) is 8.50. The van der Waals surface area contributed by atoms with Gasteiger partial charge >= 0.3 is 6.18 Å². The number of alkyl halides is 3. The quantitative estimate of drug-likeness (QED) is 0.273. The number of nitrogens with one attached hydrogen (secondary N) is 1. The number of piperidine rings is 1. The molecule has 2 saturated carbocycles. The monoisotopic (exact) mass is 539 g/mol. The van der Waals surface area contributed by atoms with Crippen LogP contribution < -0.4 is 10.1 Å². The average Bonchev–Trinajstić information content (AvgIpc) is 3.64. The van der Waals surface area contributed by atoms with E-state index >= 15 is 0 Å². The minimum absolute atomic E-state index is 0.0177. The minimum atomic E-state index is -5.04. The molecule has 5 nitrogen and oxygen atoms in total. The van der Waals surface area contributed by atoms with Crippen LogP contribution in [0.3, 0.4) is 0 Å². The lowest BCUT2D eigenvalue weighted by molar-refractivity contribution is -0.946. The number of likely N-dealkylation sites (N-methyl/N-ethyl adjacent to an activating group) is 1. The summed E-state index contributed by atoms with van der Waals surface area (Å²) in [7, 11) is 2.43. The molecule has 1 spiro atoms. The molecule has 0 radical (unpaired) electrons. The second kappa shape index (κ2) is 8.50. The zero-order valence-electron chi connectivity index (χ0n) is 22.1. The van der Waals surface area contributed by atoms with E-state index < -0.39 is 23.4 Å². The molecule has 2 aliphatic heterocycles. The molecule has 2 N–H and O–H groups in total. The van der Waals surface area contributed by atoms with E-state index in [1.807, 2.05) is 6.07 Å². The highest BCUT2D eigenvalue weighted by Gasteiger charge is 2.67. The number of aliphatic hydroxyl groups is 1. The summed E-state index contributed by atoms with van der Waals surface area (Å²) in [5, 5.41) is 13.0. The molecule has 8 heteroatoms. The number of anilines is 1. The maximum Gasteiger partial charge on any atom is 0.425 e. The van der Waals surface area contributed by atoms with Crippen LogP contribution >= 0.6 is 0 Å². The second-order valence-corrected chi connectivity index (χ2v) is 12.6. The minimum Gasteiger partial charge on any atom is -0.506 e. The van der Waals surface area contributed by atoms with Gasteiger partial charge in [0, 0.05) is 35.8 Å². The molecule has 3 aliphatic carbocycles. The molecule has 1 amide bonds. The van der Waals surface area contributed by atoms with Crippen LogP contribution in [0.5, 0.6) is 5.75 Å². The first-order valence-corrected chi connectivity index (χ1v) is 14.2. The number of carbonyl (C=O) groups excluding carboxylic acids is 1. The Morgan fingerprint density at radius 1 is 1.13 bits per heavy atom. The van der Waals surface area contributed by atoms with Gasteiger partial charge in [0.1, 0.15) is 17.6 Å². The highest BCUT2D eigenvalue weighted by Crippen LogP contribution is 2.64. The number of likely N-dealkylation sites (tertiary alicyclic amines) is 1. The summed E-state index contributed by atoms with van der Waals surface area (Å²) in [6.07, 6.45) is 2.68. The van der Waals surface area contributed by atoms with Gasteiger partial charge in [0.15, 0.2) is 5.57 Å². The molecule has 39 heavy (non-hydrogen) atoms. The number of halogens is 3. The number of hydrogen-bond acceptors (Lipinski definition) is 3. The number of hydrogen-bond donors (Lipinski definition) is 2. The van der Waals surface area contributed by atoms with Crippen LogP contribution in [0.1, 0.15) is 55.2 Å². The number of aliphatic hydroxyl groups excluding tert-OH is 1. The molecule has 2 aromatic carbocycles. The van der Waals surface area contributed by atoms with Crippen LogP contribution in [0.15, 0.2) is 48.0 Å². The first kappa shape index (κ1) is 25.0. The van der Waals surface area contributed by atoms with Crippen molar-refractivity contribution in [3.63, 3.8) is 0 Å². The van der Waals surface area contributed by atoms with Crippen LogP contribution in [0.2, 0.25) is 0 Å². The Hall–Kier alpha value is -3.00. The second-order valence-electron chi connectivity index (χ2n) is 12.6. The Balaban J connectivity index is 1.28. The normalized spacial score (nSPS) is 33.1. The molecule has 2 aromatic rings. The van der Waals surface area contributed by atoms with Crippen molar-refractivity contribution in [1.29, 1.82) is 0 Å². The van der Waals surface area contributed by atoms with Crippen LogP contribution in [-0.2, 0) is 16.6 Å². The maximum absolute atomic E-state index is 14.1. The standard InChI is InChI=1S/C31H33F3N2O3/c1-36(17-18-10-11-18)15-14-30-21-8-5-9-24(30)39-28-22(13-12-20(25(28)30)16-23(21)36)35-29(38)26(31(32,33)34)27(37)19-6-3-2-4-7-19/h2-4,6-7,12-13,18,21,23-24H,5,8-11,14-17H2,1H3,(H-,35,37,38)/p+1/t21-,23+,24-,30+,36?/m0/s1. The summed E-state index contributed by atoms with van der Waals surface area (Å²) in [5.41, 5.74) is 0.766. The van der Waals surface area contributed by atoms with Crippen LogP contribution in [0, 0.1) is 11.8 Å². The largest absolute Gasteiger partial charge is 0.506 e. The average molecular weight is 540 g/mol. The third kappa shape index (κ3) is 3.74. The van der Waals surface area contributed by atoms with Crippen LogP contribution in [-0.4, -0.2) is 54.0 Å². The lowest BCUT2D eigenvalue weighted by Crippen LogP contribution is -2.70. The van der Waals surface area contributed by atoms with Crippen molar-refractivity contribution in [3.8, 4) is 5.75 Å². The van der Waals surface area contributed by atoms with Gasteiger partial charge < -0.3 is 19.6 Å². The number of ether oxygens (including phenoxy) is 1. The van der Waals surface area contributed by atoms with Crippen molar-refractivity contribution in [2.75, 3.05) is 25.5 Å².